The summed E-state index contributed by atoms with van der Waals surface area (Å²) in [4.78, 5) is 18.1. The van der Waals surface area contributed by atoms with Crippen LogP contribution in [0.25, 0.3) is 0 Å². The molecular weight excluding hydrogens is 440 g/mol. The Morgan fingerprint density at radius 1 is 1.15 bits per heavy atom. The molecule has 1 amide bonds. The molecule has 2 fully saturated rings. The van der Waals surface area contributed by atoms with Crippen LogP contribution in [-0.4, -0.2) is 56.3 Å². The quantitative estimate of drug-likeness (QED) is 0.646. The van der Waals surface area contributed by atoms with Crippen LogP contribution in [0.3, 0.4) is 0 Å². The van der Waals surface area contributed by atoms with E-state index in [0.717, 1.165) is 48.9 Å². The lowest BCUT2D eigenvalue weighted by atomic mass is 9.67. The van der Waals surface area contributed by atoms with Gasteiger partial charge in [0, 0.05) is 25.7 Å². The molecule has 1 aromatic carbocycles. The van der Waals surface area contributed by atoms with Crippen LogP contribution < -0.4 is 15.1 Å². The van der Waals surface area contributed by atoms with E-state index in [2.05, 4.69) is 18.7 Å². The standard InChI is InChI=1S/C24H38N4O4S/c1-17(2)18-3-5-20(6-4-18)27-12-9-24(10-13-27)22-8-7-21(32-33(26,30)31)15-19(22)16-28(14-11-25)23(24)29/h7-8,15,17-18,20H,3-6,9-14,16,25H2,1-2H3,(H2,26,30,31)/t18-,20+. The summed E-state index contributed by atoms with van der Waals surface area (Å²) in [6, 6.07) is 5.78. The minimum Gasteiger partial charge on any atom is -0.371 e. The fraction of sp³-hybridized carbons (Fsp3) is 0.708. The van der Waals surface area contributed by atoms with Gasteiger partial charge in [-0.2, -0.15) is 13.6 Å². The summed E-state index contributed by atoms with van der Waals surface area (Å²) in [7, 11) is -4.11. The van der Waals surface area contributed by atoms with Crippen molar-refractivity contribution < 1.29 is 17.4 Å². The van der Waals surface area contributed by atoms with Crippen LogP contribution in [0.15, 0.2) is 18.2 Å². The van der Waals surface area contributed by atoms with Crippen LogP contribution in [-0.2, 0) is 27.1 Å². The maximum absolute atomic E-state index is 13.7. The van der Waals surface area contributed by atoms with E-state index >= 15 is 0 Å². The predicted molar refractivity (Wildman–Crippen MR) is 128 cm³/mol. The highest BCUT2D eigenvalue weighted by atomic mass is 32.2. The van der Waals surface area contributed by atoms with Crippen molar-refractivity contribution >= 4 is 16.2 Å². The minimum absolute atomic E-state index is 0.142. The summed E-state index contributed by atoms with van der Waals surface area (Å²) in [5, 5.41) is 5.05. The molecule has 0 unspecified atom stereocenters. The van der Waals surface area contributed by atoms with Gasteiger partial charge in [-0.05, 0) is 86.7 Å². The molecule has 0 bridgehead atoms. The second-order valence-corrected chi connectivity index (χ2v) is 11.5. The van der Waals surface area contributed by atoms with Gasteiger partial charge in [-0.3, -0.25) is 4.79 Å². The third kappa shape index (κ3) is 5.06. The van der Waals surface area contributed by atoms with Gasteiger partial charge in [-0.15, -0.1) is 0 Å². The number of amides is 1. The molecule has 1 spiro atoms. The summed E-state index contributed by atoms with van der Waals surface area (Å²) in [5.41, 5.74) is 7.12. The van der Waals surface area contributed by atoms with E-state index in [9.17, 15) is 13.2 Å². The van der Waals surface area contributed by atoms with Crippen molar-refractivity contribution in [1.29, 1.82) is 0 Å². The second-order valence-electron chi connectivity index (χ2n) is 10.3. The predicted octanol–water partition coefficient (Wildman–Crippen LogP) is 2.12. The molecule has 0 radical (unpaired) electrons. The van der Waals surface area contributed by atoms with Crippen molar-refractivity contribution in [3.8, 4) is 5.75 Å². The zero-order chi connectivity index (χ0) is 23.8. The Kier molecular flexibility index (Phi) is 7.05. The van der Waals surface area contributed by atoms with Crippen LogP contribution in [0.4, 0.5) is 0 Å². The van der Waals surface area contributed by atoms with Crippen LogP contribution >= 0.6 is 0 Å². The Labute approximate surface area is 197 Å². The maximum atomic E-state index is 13.7. The smallest absolute Gasteiger partial charge is 0.371 e. The Morgan fingerprint density at radius 3 is 2.39 bits per heavy atom. The van der Waals surface area contributed by atoms with Gasteiger partial charge < -0.3 is 19.7 Å². The van der Waals surface area contributed by atoms with E-state index in [4.69, 9.17) is 15.1 Å². The van der Waals surface area contributed by atoms with Gasteiger partial charge in [0.2, 0.25) is 5.91 Å². The number of hydrogen-bond donors (Lipinski definition) is 2. The molecule has 2 heterocycles. The number of carbonyl (C=O) groups is 1. The first-order valence-corrected chi connectivity index (χ1v) is 13.7. The van der Waals surface area contributed by atoms with Crippen molar-refractivity contribution in [1.82, 2.24) is 9.80 Å². The molecule has 0 atom stereocenters. The maximum Gasteiger partial charge on any atom is 0.380 e. The Morgan fingerprint density at radius 2 is 1.82 bits per heavy atom. The van der Waals surface area contributed by atoms with Crippen LogP contribution in [0, 0.1) is 11.8 Å². The van der Waals surface area contributed by atoms with E-state index in [1.807, 2.05) is 11.0 Å². The van der Waals surface area contributed by atoms with Crippen LogP contribution in [0.5, 0.6) is 5.75 Å². The van der Waals surface area contributed by atoms with Gasteiger partial charge in [-0.1, -0.05) is 19.9 Å². The normalized spacial score (nSPS) is 26.0. The molecule has 1 saturated heterocycles. The van der Waals surface area contributed by atoms with Gasteiger partial charge in [0.25, 0.3) is 0 Å². The molecular formula is C24H38N4O4S. The molecule has 33 heavy (non-hydrogen) atoms. The zero-order valence-electron chi connectivity index (χ0n) is 19.8. The van der Waals surface area contributed by atoms with Crippen molar-refractivity contribution in [2.75, 3.05) is 26.2 Å². The fourth-order valence-electron chi connectivity index (χ4n) is 6.27. The monoisotopic (exact) mass is 478 g/mol. The van der Waals surface area contributed by atoms with E-state index in [1.165, 1.54) is 25.7 Å². The highest BCUT2D eigenvalue weighted by Gasteiger charge is 2.49. The number of rotatable bonds is 6. The number of hydrogen-bond acceptors (Lipinski definition) is 6. The molecule has 2 aliphatic heterocycles. The third-order valence-electron chi connectivity index (χ3n) is 8.11. The van der Waals surface area contributed by atoms with Crippen molar-refractivity contribution in [2.24, 2.45) is 22.7 Å². The number of benzene rings is 1. The van der Waals surface area contributed by atoms with Crippen LogP contribution in [0.1, 0.15) is 63.5 Å². The van der Waals surface area contributed by atoms with E-state index in [0.29, 0.717) is 25.7 Å². The molecule has 3 aliphatic rings. The first-order chi connectivity index (χ1) is 15.6. The summed E-state index contributed by atoms with van der Waals surface area (Å²) < 4.78 is 27.7. The second kappa shape index (κ2) is 9.52. The third-order valence-corrected chi connectivity index (χ3v) is 8.54. The van der Waals surface area contributed by atoms with Crippen molar-refractivity contribution in [3.63, 3.8) is 0 Å². The van der Waals surface area contributed by atoms with E-state index < -0.39 is 15.7 Å². The first kappa shape index (κ1) is 24.4. The number of fused-ring (bicyclic) bond motifs is 2. The van der Waals surface area contributed by atoms with Crippen LogP contribution in [0.2, 0.25) is 0 Å². The number of nitrogens with two attached hydrogens (primary N) is 2. The molecule has 8 nitrogen and oxygen atoms in total. The summed E-state index contributed by atoms with van der Waals surface area (Å²) >= 11 is 0. The van der Waals surface area contributed by atoms with E-state index in [-0.39, 0.29) is 11.7 Å². The highest BCUT2D eigenvalue weighted by molar-refractivity contribution is 7.84. The van der Waals surface area contributed by atoms with Crippen molar-refractivity contribution in [2.45, 2.75) is 70.4 Å². The molecule has 9 heteroatoms. The lowest BCUT2D eigenvalue weighted by Crippen LogP contribution is -2.57. The molecule has 0 aromatic heterocycles. The van der Waals surface area contributed by atoms with Gasteiger partial charge in [0.05, 0.1) is 5.41 Å². The minimum atomic E-state index is -4.11. The highest BCUT2D eigenvalue weighted by Crippen LogP contribution is 2.45. The lowest BCUT2D eigenvalue weighted by Gasteiger charge is -2.49. The largest absolute Gasteiger partial charge is 0.380 e. The summed E-state index contributed by atoms with van der Waals surface area (Å²) in [5.74, 6) is 1.91. The average molecular weight is 479 g/mol. The molecule has 4 N–H and O–H groups in total. The van der Waals surface area contributed by atoms with E-state index in [1.54, 1.807) is 12.1 Å². The Hall–Kier alpha value is -1.68. The summed E-state index contributed by atoms with van der Waals surface area (Å²) in [6.07, 6.45) is 6.60. The van der Waals surface area contributed by atoms with Gasteiger partial charge in [-0.25, -0.2) is 0 Å². The zero-order valence-corrected chi connectivity index (χ0v) is 20.6. The molecule has 1 saturated carbocycles. The Balaban J connectivity index is 1.55. The summed E-state index contributed by atoms with van der Waals surface area (Å²) in [6.45, 7) is 7.71. The number of piperidine rings is 1. The Bertz CT molecular complexity index is 965. The average Bonchev–Trinajstić information content (AvgIpc) is 2.77. The number of nitrogens with zero attached hydrogens (tertiary/aromatic N) is 2. The topological polar surface area (TPSA) is 119 Å². The molecule has 1 aromatic rings. The molecule has 184 valence electrons. The van der Waals surface area contributed by atoms with Gasteiger partial charge in [0.15, 0.2) is 0 Å². The number of likely N-dealkylation sites (tertiary alicyclic amines) is 1. The molecule has 4 rings (SSSR count). The first-order valence-electron chi connectivity index (χ1n) is 12.2. The lowest BCUT2D eigenvalue weighted by molar-refractivity contribution is -0.142. The SMILES string of the molecule is CC(C)[C@H]1CC[C@@H](N2CCC3(CC2)C(=O)N(CCN)Cc2cc(OS(N)(=O)=O)ccc23)CC1. The fourth-order valence-corrected chi connectivity index (χ4v) is 6.64. The van der Waals surface area contributed by atoms with Gasteiger partial charge in [0.1, 0.15) is 5.75 Å². The van der Waals surface area contributed by atoms with Gasteiger partial charge >= 0.3 is 10.3 Å². The molecule has 1 aliphatic carbocycles. The van der Waals surface area contributed by atoms with Crippen molar-refractivity contribution in [3.05, 3.63) is 29.3 Å². The number of carbonyl (C=O) groups excluding carboxylic acids is 1.